The van der Waals surface area contributed by atoms with E-state index in [2.05, 4.69) is 110 Å². The van der Waals surface area contributed by atoms with Crippen molar-refractivity contribution in [2.45, 2.75) is 107 Å². The molecular weight excluding hydrogens is 579 g/mol. The number of hydrogen-bond donors (Lipinski definition) is 0. The second-order valence-corrected chi connectivity index (χ2v) is 18.7. The molecule has 8 bridgehead atoms. The maximum atomic E-state index is 2.68. The summed E-state index contributed by atoms with van der Waals surface area (Å²) in [7, 11) is 0. The van der Waals surface area contributed by atoms with E-state index in [1.165, 1.54) is 111 Å². The quantitative estimate of drug-likeness (QED) is 0.212. The van der Waals surface area contributed by atoms with Gasteiger partial charge in [0.1, 0.15) is 0 Å². The van der Waals surface area contributed by atoms with E-state index in [9.17, 15) is 0 Å². The second kappa shape index (κ2) is 9.89. The molecule has 1 nitrogen and oxygen atoms in total. The summed E-state index contributed by atoms with van der Waals surface area (Å²) in [5.41, 5.74) is 13.8. The first-order valence-corrected chi connectivity index (χ1v) is 19.6. The number of hydrogen-bond acceptors (Lipinski definition) is 1. The average molecular weight is 630 g/mol. The molecule has 0 heterocycles. The summed E-state index contributed by atoms with van der Waals surface area (Å²) in [5.74, 6) is 5.84. The highest BCUT2D eigenvalue weighted by molar-refractivity contribution is 5.85. The first-order chi connectivity index (χ1) is 23.3. The molecule has 13 rings (SSSR count). The third kappa shape index (κ3) is 4.09. The normalized spacial score (nSPS) is 35.9. The highest BCUT2D eigenvalue weighted by Gasteiger charge is 2.53. The molecule has 0 amide bonds. The van der Waals surface area contributed by atoms with Gasteiger partial charge in [-0.05, 0) is 193 Å². The summed E-state index contributed by atoms with van der Waals surface area (Å²) in [5, 5.41) is 0. The summed E-state index contributed by atoms with van der Waals surface area (Å²) < 4.78 is 0. The monoisotopic (exact) mass is 629 g/mol. The van der Waals surface area contributed by atoms with Crippen LogP contribution in [-0.4, -0.2) is 0 Å². The van der Waals surface area contributed by atoms with E-state index in [0.717, 1.165) is 35.5 Å². The molecule has 244 valence electrons. The maximum Gasteiger partial charge on any atom is 0.0465 e. The number of benzene rings is 4. The van der Waals surface area contributed by atoms with Crippen LogP contribution in [0.1, 0.15) is 113 Å². The molecule has 4 aromatic rings. The van der Waals surface area contributed by atoms with Crippen molar-refractivity contribution in [2.75, 3.05) is 4.90 Å². The van der Waals surface area contributed by atoms with Crippen LogP contribution in [0.15, 0.2) is 91.0 Å². The van der Waals surface area contributed by atoms with Gasteiger partial charge in [0.15, 0.2) is 0 Å². The summed E-state index contributed by atoms with van der Waals surface area (Å²) in [6.07, 6.45) is 17.6. The third-order valence-electron chi connectivity index (χ3n) is 15.4. The molecular formula is C47H51N. The zero-order chi connectivity index (χ0) is 31.8. The van der Waals surface area contributed by atoms with Gasteiger partial charge in [-0.25, -0.2) is 0 Å². The van der Waals surface area contributed by atoms with Crippen LogP contribution in [0.3, 0.4) is 0 Å². The van der Waals surface area contributed by atoms with Crippen molar-refractivity contribution >= 4 is 17.1 Å². The van der Waals surface area contributed by atoms with Gasteiger partial charge in [-0.15, -0.1) is 0 Å². The highest BCUT2D eigenvalue weighted by Crippen LogP contribution is 2.63. The van der Waals surface area contributed by atoms with Gasteiger partial charge < -0.3 is 4.90 Å². The first-order valence-electron chi connectivity index (χ1n) is 19.6. The Hall–Kier alpha value is -3.32. The Morgan fingerprint density at radius 2 is 0.854 bits per heavy atom. The smallest absolute Gasteiger partial charge is 0.0465 e. The lowest BCUT2D eigenvalue weighted by Gasteiger charge is -2.57. The van der Waals surface area contributed by atoms with Crippen molar-refractivity contribution < 1.29 is 0 Å². The lowest BCUT2D eigenvalue weighted by atomic mass is 9.48. The zero-order valence-electron chi connectivity index (χ0n) is 29.1. The second-order valence-electron chi connectivity index (χ2n) is 18.7. The van der Waals surface area contributed by atoms with Gasteiger partial charge in [0.25, 0.3) is 0 Å². The van der Waals surface area contributed by atoms with E-state index < -0.39 is 0 Å². The molecule has 0 atom stereocenters. The molecule has 0 spiro atoms. The molecule has 1 heteroatoms. The molecule has 0 radical (unpaired) electrons. The third-order valence-corrected chi connectivity index (χ3v) is 15.4. The number of para-hydroxylation sites is 1. The van der Waals surface area contributed by atoms with Crippen molar-refractivity contribution in [1.82, 2.24) is 0 Å². The van der Waals surface area contributed by atoms with Gasteiger partial charge in [0.05, 0.1) is 0 Å². The van der Waals surface area contributed by atoms with Crippen molar-refractivity contribution in [3.8, 4) is 11.1 Å². The summed E-state index contributed by atoms with van der Waals surface area (Å²) in [6, 6.07) is 36.0. The summed E-state index contributed by atoms with van der Waals surface area (Å²) in [4.78, 5) is 2.50. The Bertz CT molecular complexity index is 1840. The van der Waals surface area contributed by atoms with Crippen LogP contribution in [-0.2, 0) is 16.2 Å². The van der Waals surface area contributed by atoms with Crippen LogP contribution in [0.2, 0.25) is 0 Å². The number of rotatable bonds is 5. The molecule has 8 saturated carbocycles. The van der Waals surface area contributed by atoms with Crippen molar-refractivity contribution in [3.63, 3.8) is 0 Å². The van der Waals surface area contributed by atoms with Crippen LogP contribution in [0, 0.1) is 35.5 Å². The summed E-state index contributed by atoms with van der Waals surface area (Å²) >= 11 is 0. The Balaban J connectivity index is 0.958. The fraction of sp³-hybridized carbons (Fsp3) is 0.489. The largest absolute Gasteiger partial charge is 0.310 e. The molecule has 0 unspecified atom stereocenters. The van der Waals surface area contributed by atoms with E-state index in [1.807, 2.05) is 0 Å². The van der Waals surface area contributed by atoms with Gasteiger partial charge in [0.2, 0.25) is 0 Å². The van der Waals surface area contributed by atoms with Crippen molar-refractivity contribution in [1.29, 1.82) is 0 Å². The van der Waals surface area contributed by atoms with Crippen LogP contribution in [0.5, 0.6) is 0 Å². The molecule has 9 aliphatic carbocycles. The van der Waals surface area contributed by atoms with E-state index in [1.54, 1.807) is 16.7 Å². The fourth-order valence-corrected chi connectivity index (χ4v) is 14.1. The predicted octanol–water partition coefficient (Wildman–Crippen LogP) is 12.4. The standard InChI is InChI=1S/C47H51N/c1-45(2)43-22-37(47-27-33-19-34(28-47)21-35(20-33)29-47)10-14-41(43)42-15-13-40(23-44(42)45)48(38-6-4-3-5-7-38)39-11-8-36(9-12-39)46-24-30-16-31(25-46)18-32(17-30)26-46/h3-15,22-23,30-35H,16-21,24-29H2,1-2H3. The SMILES string of the molecule is CC1(C)c2cc(N(c3ccccc3)c3ccc(C45CC6CC(CC(C6)C4)C5)cc3)ccc2-c2ccc(C34CC5CC(CC(C5)C3)C4)cc21. The van der Waals surface area contributed by atoms with Crippen LogP contribution < -0.4 is 4.90 Å². The van der Waals surface area contributed by atoms with Gasteiger partial charge in [-0.1, -0.05) is 68.4 Å². The summed E-state index contributed by atoms with van der Waals surface area (Å²) in [6.45, 7) is 4.97. The van der Waals surface area contributed by atoms with E-state index in [-0.39, 0.29) is 5.41 Å². The van der Waals surface area contributed by atoms with E-state index in [4.69, 9.17) is 0 Å². The maximum absolute atomic E-state index is 2.68. The molecule has 0 aliphatic heterocycles. The predicted molar refractivity (Wildman–Crippen MR) is 198 cm³/mol. The van der Waals surface area contributed by atoms with Gasteiger partial charge in [-0.3, -0.25) is 0 Å². The first kappa shape index (κ1) is 28.5. The number of fused-ring (bicyclic) bond motifs is 3. The highest BCUT2D eigenvalue weighted by atomic mass is 15.1. The van der Waals surface area contributed by atoms with E-state index >= 15 is 0 Å². The molecule has 4 aromatic carbocycles. The number of nitrogens with zero attached hydrogens (tertiary/aromatic N) is 1. The van der Waals surface area contributed by atoms with Gasteiger partial charge in [0, 0.05) is 22.5 Å². The van der Waals surface area contributed by atoms with Gasteiger partial charge >= 0.3 is 0 Å². The van der Waals surface area contributed by atoms with Crippen LogP contribution in [0.4, 0.5) is 17.1 Å². The Kier molecular flexibility index (Phi) is 5.88. The van der Waals surface area contributed by atoms with Gasteiger partial charge in [-0.2, -0.15) is 0 Å². The van der Waals surface area contributed by atoms with Crippen LogP contribution >= 0.6 is 0 Å². The molecule has 0 N–H and O–H groups in total. The molecule has 0 saturated heterocycles. The topological polar surface area (TPSA) is 3.24 Å². The molecule has 8 fully saturated rings. The minimum atomic E-state index is -0.0241. The zero-order valence-corrected chi connectivity index (χ0v) is 29.1. The Morgan fingerprint density at radius 1 is 0.438 bits per heavy atom. The van der Waals surface area contributed by atoms with Crippen molar-refractivity contribution in [3.05, 3.63) is 113 Å². The molecule has 9 aliphatic rings. The Labute approximate surface area is 288 Å². The fourth-order valence-electron chi connectivity index (χ4n) is 14.1. The average Bonchev–Trinajstić information content (AvgIpc) is 3.30. The van der Waals surface area contributed by atoms with E-state index in [0.29, 0.717) is 10.8 Å². The molecule has 0 aromatic heterocycles. The van der Waals surface area contributed by atoms with Crippen molar-refractivity contribution in [2.24, 2.45) is 35.5 Å². The number of anilines is 3. The minimum Gasteiger partial charge on any atom is -0.310 e. The minimum absolute atomic E-state index is 0.0241. The van der Waals surface area contributed by atoms with Crippen LogP contribution in [0.25, 0.3) is 11.1 Å². The lowest BCUT2D eigenvalue weighted by molar-refractivity contribution is -0.00532. The Morgan fingerprint density at radius 3 is 1.40 bits per heavy atom. The molecule has 48 heavy (non-hydrogen) atoms. The lowest BCUT2D eigenvalue weighted by Crippen LogP contribution is -2.48.